The number of hydrogen-bond acceptors (Lipinski definition) is 2. The van der Waals surface area contributed by atoms with Crippen molar-refractivity contribution in [3.8, 4) is 11.5 Å². The van der Waals surface area contributed by atoms with E-state index in [0.29, 0.717) is 17.2 Å². The van der Waals surface area contributed by atoms with Crippen LogP contribution in [0.1, 0.15) is 15.9 Å². The quantitative estimate of drug-likeness (QED) is 0.719. The average molecular weight is 321 g/mol. The molecule has 24 heavy (non-hydrogen) atoms. The molecule has 0 spiro atoms. The number of nitrogens with one attached hydrogen (secondary N) is 1. The Morgan fingerprint density at radius 1 is 0.917 bits per heavy atom. The topological polar surface area (TPSA) is 38.3 Å². The van der Waals surface area contributed by atoms with E-state index in [1.54, 1.807) is 36.4 Å². The van der Waals surface area contributed by atoms with Crippen LogP contribution in [-0.4, -0.2) is 5.91 Å². The van der Waals surface area contributed by atoms with Gasteiger partial charge in [0.05, 0.1) is 5.56 Å². The number of rotatable bonds is 4. The molecule has 0 heterocycles. The Morgan fingerprint density at radius 3 is 2.42 bits per heavy atom. The molecular formula is C20H16FNO2. The molecular weight excluding hydrogens is 305 g/mol. The fourth-order valence-electron chi connectivity index (χ4n) is 2.22. The lowest BCUT2D eigenvalue weighted by molar-refractivity contribution is 0.102. The summed E-state index contributed by atoms with van der Waals surface area (Å²) < 4.78 is 19.4. The molecule has 0 aliphatic rings. The maximum atomic E-state index is 13.7. The van der Waals surface area contributed by atoms with E-state index in [-0.39, 0.29) is 5.56 Å². The number of carbonyl (C=O) groups excluding carboxylic acids is 1. The number of anilines is 1. The van der Waals surface area contributed by atoms with Crippen molar-refractivity contribution in [3.63, 3.8) is 0 Å². The Kier molecular flexibility index (Phi) is 4.57. The lowest BCUT2D eigenvalue weighted by Crippen LogP contribution is -2.13. The third-order valence-electron chi connectivity index (χ3n) is 3.47. The second-order valence-corrected chi connectivity index (χ2v) is 5.38. The molecule has 0 bridgehead atoms. The minimum absolute atomic E-state index is 0.00218. The van der Waals surface area contributed by atoms with Crippen molar-refractivity contribution in [1.29, 1.82) is 0 Å². The maximum absolute atomic E-state index is 13.7. The summed E-state index contributed by atoms with van der Waals surface area (Å²) in [7, 11) is 0. The molecule has 0 saturated carbocycles. The zero-order chi connectivity index (χ0) is 16.9. The van der Waals surface area contributed by atoms with Gasteiger partial charge in [0, 0.05) is 11.8 Å². The summed E-state index contributed by atoms with van der Waals surface area (Å²) in [5.41, 5.74) is 1.68. The fraction of sp³-hybridized carbons (Fsp3) is 0.0500. The Labute approximate surface area is 139 Å². The number of aryl methyl sites for hydroxylation is 1. The highest BCUT2D eigenvalue weighted by Crippen LogP contribution is 2.24. The van der Waals surface area contributed by atoms with Gasteiger partial charge in [-0.1, -0.05) is 35.9 Å². The van der Waals surface area contributed by atoms with Crippen molar-refractivity contribution >= 4 is 11.6 Å². The van der Waals surface area contributed by atoms with Gasteiger partial charge >= 0.3 is 0 Å². The van der Waals surface area contributed by atoms with Crippen LogP contribution >= 0.6 is 0 Å². The van der Waals surface area contributed by atoms with E-state index < -0.39 is 11.7 Å². The van der Waals surface area contributed by atoms with Crippen molar-refractivity contribution in [2.45, 2.75) is 6.92 Å². The Morgan fingerprint density at radius 2 is 1.67 bits per heavy atom. The summed E-state index contributed by atoms with van der Waals surface area (Å²) in [6.07, 6.45) is 0. The number of halogens is 1. The molecule has 120 valence electrons. The van der Waals surface area contributed by atoms with Gasteiger partial charge in [-0.05, 0) is 43.3 Å². The van der Waals surface area contributed by atoms with Crippen LogP contribution in [0.2, 0.25) is 0 Å². The summed E-state index contributed by atoms with van der Waals surface area (Å²) >= 11 is 0. The second kappa shape index (κ2) is 6.96. The normalized spacial score (nSPS) is 10.2. The molecule has 0 aliphatic carbocycles. The number of benzene rings is 3. The second-order valence-electron chi connectivity index (χ2n) is 5.38. The lowest BCUT2D eigenvalue weighted by atomic mass is 10.2. The third kappa shape index (κ3) is 3.79. The van der Waals surface area contributed by atoms with Crippen LogP contribution in [0.3, 0.4) is 0 Å². The first-order chi connectivity index (χ1) is 11.6. The number of ether oxygens (including phenoxy) is 1. The Balaban J connectivity index is 1.74. The van der Waals surface area contributed by atoms with Crippen LogP contribution in [0.4, 0.5) is 10.1 Å². The van der Waals surface area contributed by atoms with Gasteiger partial charge in [0.1, 0.15) is 17.3 Å². The van der Waals surface area contributed by atoms with E-state index in [1.165, 1.54) is 12.1 Å². The SMILES string of the molecule is Cc1ccc(Oc2cccc(NC(=O)c3ccccc3F)c2)cc1. The molecule has 1 amide bonds. The molecule has 3 aromatic rings. The standard InChI is InChI=1S/C20H16FNO2/c1-14-9-11-16(12-10-14)24-17-6-4-5-15(13-17)22-20(23)18-7-2-3-8-19(18)21/h2-13H,1H3,(H,22,23). The number of amides is 1. The minimum Gasteiger partial charge on any atom is -0.457 e. The van der Waals surface area contributed by atoms with Gasteiger partial charge in [-0.2, -0.15) is 0 Å². The molecule has 0 fully saturated rings. The highest BCUT2D eigenvalue weighted by Gasteiger charge is 2.11. The first-order valence-corrected chi connectivity index (χ1v) is 7.52. The van der Waals surface area contributed by atoms with Crippen LogP contribution in [0.25, 0.3) is 0 Å². The Bertz CT molecular complexity index is 860. The van der Waals surface area contributed by atoms with Gasteiger partial charge in [-0.3, -0.25) is 4.79 Å². The molecule has 4 heteroatoms. The largest absolute Gasteiger partial charge is 0.457 e. The van der Waals surface area contributed by atoms with E-state index in [1.807, 2.05) is 31.2 Å². The van der Waals surface area contributed by atoms with Crippen molar-refractivity contribution in [2.75, 3.05) is 5.32 Å². The van der Waals surface area contributed by atoms with Gasteiger partial charge < -0.3 is 10.1 Å². The smallest absolute Gasteiger partial charge is 0.258 e. The highest BCUT2D eigenvalue weighted by atomic mass is 19.1. The molecule has 0 radical (unpaired) electrons. The maximum Gasteiger partial charge on any atom is 0.258 e. The monoisotopic (exact) mass is 321 g/mol. The predicted molar refractivity (Wildman–Crippen MR) is 92.0 cm³/mol. The van der Waals surface area contributed by atoms with Crippen molar-refractivity contribution in [2.24, 2.45) is 0 Å². The number of hydrogen-bond donors (Lipinski definition) is 1. The van der Waals surface area contributed by atoms with Gasteiger partial charge in [0.2, 0.25) is 0 Å². The first kappa shape index (κ1) is 15.7. The van der Waals surface area contributed by atoms with E-state index in [4.69, 9.17) is 4.74 Å². The summed E-state index contributed by atoms with van der Waals surface area (Å²) in [6.45, 7) is 2.00. The molecule has 0 unspecified atom stereocenters. The summed E-state index contributed by atoms with van der Waals surface area (Å²) in [5.74, 6) is 0.242. The molecule has 0 atom stereocenters. The van der Waals surface area contributed by atoms with Crippen LogP contribution in [0.5, 0.6) is 11.5 Å². The van der Waals surface area contributed by atoms with E-state index in [9.17, 15) is 9.18 Å². The highest BCUT2D eigenvalue weighted by molar-refractivity contribution is 6.04. The molecule has 0 aromatic heterocycles. The molecule has 3 nitrogen and oxygen atoms in total. The van der Waals surface area contributed by atoms with Crippen LogP contribution < -0.4 is 10.1 Å². The lowest BCUT2D eigenvalue weighted by Gasteiger charge is -2.09. The molecule has 3 aromatic carbocycles. The van der Waals surface area contributed by atoms with Crippen molar-refractivity contribution < 1.29 is 13.9 Å². The van der Waals surface area contributed by atoms with Crippen molar-refractivity contribution in [1.82, 2.24) is 0 Å². The van der Waals surface area contributed by atoms with Crippen LogP contribution in [0.15, 0.2) is 72.8 Å². The first-order valence-electron chi connectivity index (χ1n) is 7.52. The van der Waals surface area contributed by atoms with Gasteiger partial charge in [-0.15, -0.1) is 0 Å². The number of carbonyl (C=O) groups is 1. The third-order valence-corrected chi connectivity index (χ3v) is 3.47. The van der Waals surface area contributed by atoms with Gasteiger partial charge in [0.25, 0.3) is 5.91 Å². The molecule has 3 rings (SSSR count). The predicted octanol–water partition coefficient (Wildman–Crippen LogP) is 5.18. The van der Waals surface area contributed by atoms with E-state index >= 15 is 0 Å². The van der Waals surface area contributed by atoms with Crippen LogP contribution in [0, 0.1) is 12.7 Å². The van der Waals surface area contributed by atoms with Crippen LogP contribution in [-0.2, 0) is 0 Å². The van der Waals surface area contributed by atoms with E-state index in [0.717, 1.165) is 5.56 Å². The van der Waals surface area contributed by atoms with Gasteiger partial charge in [-0.25, -0.2) is 4.39 Å². The molecule has 0 saturated heterocycles. The molecule has 0 aliphatic heterocycles. The zero-order valence-corrected chi connectivity index (χ0v) is 13.1. The summed E-state index contributed by atoms with van der Waals surface area (Å²) in [4.78, 5) is 12.2. The van der Waals surface area contributed by atoms with Gasteiger partial charge in [0.15, 0.2) is 0 Å². The Hall–Kier alpha value is -3.14. The summed E-state index contributed by atoms with van der Waals surface area (Å²) in [5, 5.41) is 2.68. The minimum atomic E-state index is -0.554. The zero-order valence-electron chi connectivity index (χ0n) is 13.1. The fourth-order valence-corrected chi connectivity index (χ4v) is 2.22. The molecule has 1 N–H and O–H groups in total. The van der Waals surface area contributed by atoms with Crippen molar-refractivity contribution in [3.05, 3.63) is 89.7 Å². The van der Waals surface area contributed by atoms with E-state index in [2.05, 4.69) is 5.32 Å². The summed E-state index contributed by atoms with van der Waals surface area (Å²) in [6, 6.07) is 20.5. The average Bonchev–Trinajstić information content (AvgIpc) is 2.58.